The fourth-order valence-electron chi connectivity index (χ4n) is 2.84. The molecule has 0 bridgehead atoms. The molecule has 1 fully saturated rings. The van der Waals surface area contributed by atoms with E-state index in [0.29, 0.717) is 6.04 Å². The van der Waals surface area contributed by atoms with Gasteiger partial charge in [0.2, 0.25) is 0 Å². The number of nitrogens with zero attached hydrogens (tertiary/aromatic N) is 1. The molecule has 0 spiro atoms. The van der Waals surface area contributed by atoms with Crippen LogP contribution in [0.5, 0.6) is 0 Å². The predicted octanol–water partition coefficient (Wildman–Crippen LogP) is 1.57. The van der Waals surface area contributed by atoms with Crippen molar-refractivity contribution in [1.29, 1.82) is 0 Å². The Morgan fingerprint density at radius 2 is 2.11 bits per heavy atom. The van der Waals surface area contributed by atoms with Crippen LogP contribution in [0.3, 0.4) is 0 Å². The number of hydrogen-bond donors (Lipinski definition) is 1. The first-order valence-electron chi connectivity index (χ1n) is 6.86. The Labute approximate surface area is 118 Å². The van der Waals surface area contributed by atoms with Crippen molar-refractivity contribution in [2.24, 2.45) is 0 Å². The van der Waals surface area contributed by atoms with Crippen LogP contribution >= 0.6 is 0 Å². The molecule has 3 atom stereocenters. The SMILES string of the molecule is CC(CS(C)=O)N1CCNC(C)(c2ccccc2)C1. The van der Waals surface area contributed by atoms with Crippen LogP contribution in [0.25, 0.3) is 0 Å². The zero-order valence-electron chi connectivity index (χ0n) is 12.1. The molecular formula is C15H24N2OS. The van der Waals surface area contributed by atoms with Crippen LogP contribution in [0.1, 0.15) is 19.4 Å². The van der Waals surface area contributed by atoms with Crippen molar-refractivity contribution in [1.82, 2.24) is 10.2 Å². The Morgan fingerprint density at radius 1 is 1.42 bits per heavy atom. The van der Waals surface area contributed by atoms with Gasteiger partial charge in [0.1, 0.15) is 0 Å². The molecule has 1 aliphatic heterocycles. The Balaban J connectivity index is 2.10. The van der Waals surface area contributed by atoms with E-state index in [4.69, 9.17) is 0 Å². The molecule has 0 aromatic heterocycles. The molecule has 1 heterocycles. The second-order valence-electron chi connectivity index (χ2n) is 5.68. The molecule has 1 aliphatic rings. The molecule has 4 heteroatoms. The molecule has 0 amide bonds. The Kier molecular flexibility index (Phi) is 4.76. The summed E-state index contributed by atoms with van der Waals surface area (Å²) in [5, 5.41) is 3.63. The number of hydrogen-bond acceptors (Lipinski definition) is 3. The summed E-state index contributed by atoms with van der Waals surface area (Å²) in [6.07, 6.45) is 1.79. The summed E-state index contributed by atoms with van der Waals surface area (Å²) >= 11 is 0. The largest absolute Gasteiger partial charge is 0.305 e. The first kappa shape index (κ1) is 14.7. The third kappa shape index (κ3) is 3.65. The standard InChI is InChI=1S/C15H24N2OS/c1-13(11-19(3)18)17-10-9-16-15(2,12-17)14-7-5-4-6-8-14/h4-8,13,16H,9-12H2,1-3H3. The average molecular weight is 280 g/mol. The van der Waals surface area contributed by atoms with Crippen LogP contribution in [0.15, 0.2) is 30.3 Å². The summed E-state index contributed by atoms with van der Waals surface area (Å²) in [4.78, 5) is 2.45. The lowest BCUT2D eigenvalue weighted by atomic mass is 9.89. The Hall–Kier alpha value is -0.710. The van der Waals surface area contributed by atoms with Gasteiger partial charge in [-0.05, 0) is 19.4 Å². The fraction of sp³-hybridized carbons (Fsp3) is 0.600. The number of nitrogens with one attached hydrogen (secondary N) is 1. The van der Waals surface area contributed by atoms with E-state index < -0.39 is 10.8 Å². The molecule has 0 saturated carbocycles. The van der Waals surface area contributed by atoms with Crippen LogP contribution in [-0.2, 0) is 16.3 Å². The Bertz CT molecular complexity index is 437. The first-order valence-corrected chi connectivity index (χ1v) is 8.58. The van der Waals surface area contributed by atoms with E-state index in [9.17, 15) is 4.21 Å². The predicted molar refractivity (Wildman–Crippen MR) is 81.8 cm³/mol. The van der Waals surface area contributed by atoms with E-state index >= 15 is 0 Å². The minimum atomic E-state index is -0.729. The van der Waals surface area contributed by atoms with Crippen molar-refractivity contribution in [2.45, 2.75) is 25.4 Å². The molecule has 0 aliphatic carbocycles. The monoisotopic (exact) mass is 280 g/mol. The molecule has 1 aromatic rings. The highest BCUT2D eigenvalue weighted by Crippen LogP contribution is 2.25. The second kappa shape index (κ2) is 6.16. The molecule has 2 rings (SSSR count). The minimum absolute atomic E-state index is 0.0109. The summed E-state index contributed by atoms with van der Waals surface area (Å²) in [7, 11) is -0.729. The highest BCUT2D eigenvalue weighted by Gasteiger charge is 2.33. The minimum Gasteiger partial charge on any atom is -0.305 e. The third-order valence-electron chi connectivity index (χ3n) is 3.94. The first-order chi connectivity index (χ1) is 9.01. The van der Waals surface area contributed by atoms with Crippen molar-refractivity contribution >= 4 is 10.8 Å². The van der Waals surface area contributed by atoms with Gasteiger partial charge in [-0.25, -0.2) is 0 Å². The van der Waals surface area contributed by atoms with Crippen LogP contribution in [0.4, 0.5) is 0 Å². The molecule has 0 radical (unpaired) electrons. The molecule has 1 N–H and O–H groups in total. The van der Waals surface area contributed by atoms with Gasteiger partial charge in [-0.3, -0.25) is 9.11 Å². The van der Waals surface area contributed by atoms with Gasteiger partial charge >= 0.3 is 0 Å². The van der Waals surface area contributed by atoms with Crippen molar-refractivity contribution in [3.8, 4) is 0 Å². The zero-order valence-corrected chi connectivity index (χ0v) is 12.9. The smallest absolute Gasteiger partial charge is 0.0535 e. The van der Waals surface area contributed by atoms with E-state index in [1.807, 2.05) is 0 Å². The van der Waals surface area contributed by atoms with Gasteiger partial charge in [-0.1, -0.05) is 30.3 Å². The molecule has 1 aromatic carbocycles. The third-order valence-corrected chi connectivity index (χ3v) is 4.90. The summed E-state index contributed by atoms with van der Waals surface area (Å²) in [6.45, 7) is 7.41. The highest BCUT2D eigenvalue weighted by atomic mass is 32.2. The van der Waals surface area contributed by atoms with Crippen molar-refractivity contribution in [3.05, 3.63) is 35.9 Å². The quantitative estimate of drug-likeness (QED) is 0.909. The lowest BCUT2D eigenvalue weighted by Gasteiger charge is -2.44. The average Bonchev–Trinajstić information content (AvgIpc) is 2.39. The van der Waals surface area contributed by atoms with E-state index in [-0.39, 0.29) is 5.54 Å². The van der Waals surface area contributed by atoms with Crippen molar-refractivity contribution in [3.63, 3.8) is 0 Å². The molecule has 1 saturated heterocycles. The maximum Gasteiger partial charge on any atom is 0.0535 e. The van der Waals surface area contributed by atoms with Gasteiger partial charge in [0.25, 0.3) is 0 Å². The number of piperazine rings is 1. The lowest BCUT2D eigenvalue weighted by molar-refractivity contribution is 0.115. The van der Waals surface area contributed by atoms with Gasteiger partial charge < -0.3 is 5.32 Å². The fourth-order valence-corrected chi connectivity index (χ4v) is 3.73. The van der Waals surface area contributed by atoms with Gasteiger partial charge in [-0.15, -0.1) is 0 Å². The molecule has 3 nitrogen and oxygen atoms in total. The zero-order chi connectivity index (χ0) is 13.9. The normalized spacial score (nSPS) is 27.9. The summed E-state index contributed by atoms with van der Waals surface area (Å²) in [6, 6.07) is 11.0. The van der Waals surface area contributed by atoms with Crippen LogP contribution in [0, 0.1) is 0 Å². The lowest BCUT2D eigenvalue weighted by Crippen LogP contribution is -2.59. The molecule has 3 unspecified atom stereocenters. The molecule has 106 valence electrons. The van der Waals surface area contributed by atoms with Gasteiger partial charge in [0.15, 0.2) is 0 Å². The maximum atomic E-state index is 11.4. The summed E-state index contributed by atoms with van der Waals surface area (Å²) in [5.41, 5.74) is 1.31. The van der Waals surface area contributed by atoms with E-state index in [2.05, 4.69) is 54.4 Å². The van der Waals surface area contributed by atoms with Crippen LogP contribution in [-0.4, -0.2) is 46.8 Å². The van der Waals surface area contributed by atoms with Gasteiger partial charge in [0.05, 0.1) is 5.54 Å². The summed E-state index contributed by atoms with van der Waals surface area (Å²) in [5.74, 6) is 0.755. The van der Waals surface area contributed by atoms with E-state index in [1.54, 1.807) is 6.26 Å². The van der Waals surface area contributed by atoms with Crippen molar-refractivity contribution in [2.75, 3.05) is 31.6 Å². The molecular weight excluding hydrogens is 256 g/mol. The maximum absolute atomic E-state index is 11.4. The number of benzene rings is 1. The topological polar surface area (TPSA) is 32.3 Å². The Morgan fingerprint density at radius 3 is 2.74 bits per heavy atom. The van der Waals surface area contributed by atoms with Crippen LogP contribution < -0.4 is 5.32 Å². The highest BCUT2D eigenvalue weighted by molar-refractivity contribution is 7.84. The van der Waals surface area contributed by atoms with E-state index in [1.165, 1.54) is 5.56 Å². The summed E-state index contributed by atoms with van der Waals surface area (Å²) < 4.78 is 11.4. The van der Waals surface area contributed by atoms with E-state index in [0.717, 1.165) is 25.4 Å². The van der Waals surface area contributed by atoms with Crippen molar-refractivity contribution < 1.29 is 4.21 Å². The molecule has 19 heavy (non-hydrogen) atoms. The van der Waals surface area contributed by atoms with Gasteiger partial charge in [0, 0.05) is 48.5 Å². The number of rotatable bonds is 4. The van der Waals surface area contributed by atoms with Gasteiger partial charge in [-0.2, -0.15) is 0 Å². The second-order valence-corrected chi connectivity index (χ2v) is 7.16. The van der Waals surface area contributed by atoms with Crippen LogP contribution in [0.2, 0.25) is 0 Å².